The molecule has 4 rings (SSSR count). The topological polar surface area (TPSA) is 41.6 Å². The van der Waals surface area contributed by atoms with Crippen LogP contribution in [0.4, 0.5) is 10.1 Å². The van der Waals surface area contributed by atoms with Gasteiger partial charge in [0.25, 0.3) is 0 Å². The second-order valence-electron chi connectivity index (χ2n) is 7.89. The van der Waals surface area contributed by atoms with Crippen molar-refractivity contribution in [3.63, 3.8) is 0 Å². The van der Waals surface area contributed by atoms with Crippen LogP contribution < -0.4 is 5.73 Å². The molecule has 1 unspecified atom stereocenters. The predicted molar refractivity (Wildman–Crippen MR) is 124 cm³/mol. The highest BCUT2D eigenvalue weighted by Crippen LogP contribution is 2.47. The highest BCUT2D eigenvalue weighted by molar-refractivity contribution is 7.97. The molecule has 1 aliphatic carbocycles. The van der Waals surface area contributed by atoms with Gasteiger partial charge in [0, 0.05) is 23.4 Å². The molecule has 1 saturated heterocycles. The fraction of sp³-hybridized carbons (Fsp3) is 0.240. The van der Waals surface area contributed by atoms with Crippen molar-refractivity contribution in [3.05, 3.63) is 96.0 Å². The van der Waals surface area contributed by atoms with Crippen LogP contribution in [0.1, 0.15) is 18.4 Å². The number of rotatable bonds is 4. The number of aryl methyl sites for hydroxylation is 1. The van der Waals surface area contributed by atoms with Gasteiger partial charge in [0.15, 0.2) is 0 Å². The highest BCUT2D eigenvalue weighted by Gasteiger charge is 2.41. The maximum atomic E-state index is 13.2. The first-order valence-corrected chi connectivity index (χ1v) is 10.9. The van der Waals surface area contributed by atoms with Crippen molar-refractivity contribution >= 4 is 23.3 Å². The lowest BCUT2D eigenvalue weighted by Crippen LogP contribution is -2.43. The molecule has 3 nitrogen and oxygen atoms in total. The first kappa shape index (κ1) is 20.6. The van der Waals surface area contributed by atoms with Gasteiger partial charge in [0.2, 0.25) is 0 Å². The van der Waals surface area contributed by atoms with Gasteiger partial charge in [-0.3, -0.25) is 0 Å². The molecule has 1 heterocycles. The summed E-state index contributed by atoms with van der Waals surface area (Å²) >= 11 is 1.80. The number of hydrogen-bond acceptors (Lipinski definition) is 4. The Balaban J connectivity index is 1.60. The van der Waals surface area contributed by atoms with Crippen LogP contribution in [0.5, 0.6) is 0 Å². The minimum atomic E-state index is -0.264. The Morgan fingerprint density at radius 3 is 2.57 bits per heavy atom. The van der Waals surface area contributed by atoms with E-state index in [9.17, 15) is 4.39 Å². The van der Waals surface area contributed by atoms with Crippen LogP contribution >= 0.6 is 11.9 Å². The van der Waals surface area contributed by atoms with Gasteiger partial charge >= 0.3 is 0 Å². The molecule has 30 heavy (non-hydrogen) atoms. The van der Waals surface area contributed by atoms with Crippen molar-refractivity contribution < 1.29 is 4.39 Å². The van der Waals surface area contributed by atoms with Gasteiger partial charge in [-0.05, 0) is 86.0 Å². The van der Waals surface area contributed by atoms with Crippen molar-refractivity contribution in [2.45, 2.75) is 24.7 Å². The zero-order chi connectivity index (χ0) is 21.1. The number of nitrogens with zero attached hydrogens (tertiary/aromatic N) is 2. The summed E-state index contributed by atoms with van der Waals surface area (Å²) in [5, 5.41) is 0. The molecule has 0 spiro atoms. The third-order valence-corrected chi connectivity index (χ3v) is 6.85. The monoisotopic (exact) mass is 419 g/mol. The van der Waals surface area contributed by atoms with Gasteiger partial charge < -0.3 is 5.73 Å². The molecule has 2 aromatic carbocycles. The summed E-state index contributed by atoms with van der Waals surface area (Å²) in [6.07, 6.45) is 7.59. The minimum Gasteiger partial charge on any atom is -0.404 e. The number of hydrogen-bond donors (Lipinski definition) is 1. The fourth-order valence-electron chi connectivity index (χ4n) is 4.06. The van der Waals surface area contributed by atoms with E-state index in [1.54, 1.807) is 30.3 Å². The van der Waals surface area contributed by atoms with Gasteiger partial charge in [-0.2, -0.15) is 0 Å². The average Bonchev–Trinajstić information content (AvgIpc) is 2.76. The summed E-state index contributed by atoms with van der Waals surface area (Å²) in [6, 6.07) is 14.9. The Morgan fingerprint density at radius 1 is 1.17 bits per heavy atom. The summed E-state index contributed by atoms with van der Waals surface area (Å²) < 4.78 is 15.6. The molecule has 0 saturated carbocycles. The first-order chi connectivity index (χ1) is 14.5. The molecular weight excluding hydrogens is 393 g/mol. The molecule has 2 aromatic rings. The maximum Gasteiger partial charge on any atom is 0.123 e. The molecule has 1 atom stereocenters. The molecule has 0 amide bonds. The van der Waals surface area contributed by atoms with Gasteiger partial charge in [0.1, 0.15) is 5.82 Å². The molecule has 2 N–H and O–H groups in total. The van der Waals surface area contributed by atoms with Crippen molar-refractivity contribution in [2.75, 3.05) is 13.1 Å². The lowest BCUT2D eigenvalue weighted by molar-refractivity contribution is 0.278. The Bertz CT molecular complexity index is 1020. The smallest absolute Gasteiger partial charge is 0.123 e. The number of halogens is 1. The van der Waals surface area contributed by atoms with Crippen LogP contribution in [0, 0.1) is 18.2 Å². The summed E-state index contributed by atoms with van der Waals surface area (Å²) in [5.41, 5.74) is 11.0. The normalized spacial score (nSPS) is 24.5. The summed E-state index contributed by atoms with van der Waals surface area (Å²) in [4.78, 5) is 5.98. The molecule has 5 heteroatoms. The van der Waals surface area contributed by atoms with E-state index in [1.807, 2.05) is 0 Å². The lowest BCUT2D eigenvalue weighted by atomic mass is 9.67. The highest BCUT2D eigenvalue weighted by atomic mass is 32.2. The van der Waals surface area contributed by atoms with Crippen molar-refractivity contribution in [2.24, 2.45) is 16.1 Å². The molecule has 0 bridgehead atoms. The second kappa shape index (κ2) is 8.62. The van der Waals surface area contributed by atoms with E-state index >= 15 is 0 Å². The van der Waals surface area contributed by atoms with E-state index in [-0.39, 0.29) is 11.2 Å². The Morgan fingerprint density at radius 2 is 1.90 bits per heavy atom. The number of benzene rings is 2. The molecule has 0 radical (unpaired) electrons. The van der Waals surface area contributed by atoms with Gasteiger partial charge in [-0.15, -0.1) is 6.58 Å². The quantitative estimate of drug-likeness (QED) is 0.491. The van der Waals surface area contributed by atoms with Crippen LogP contribution in [-0.4, -0.2) is 23.1 Å². The van der Waals surface area contributed by atoms with E-state index in [2.05, 4.69) is 54.2 Å². The van der Waals surface area contributed by atoms with Crippen molar-refractivity contribution in [1.82, 2.24) is 4.31 Å². The lowest BCUT2D eigenvalue weighted by Gasteiger charge is -2.45. The molecule has 2 aliphatic rings. The Labute approximate surface area is 182 Å². The minimum absolute atomic E-state index is 0.150. The summed E-state index contributed by atoms with van der Waals surface area (Å²) in [5.74, 6) is -0.264. The molecule has 1 fully saturated rings. The van der Waals surface area contributed by atoms with E-state index in [0.29, 0.717) is 0 Å². The van der Waals surface area contributed by atoms with Crippen LogP contribution in [0.25, 0.3) is 0 Å². The molecule has 1 aliphatic heterocycles. The standard InChI is InChI=1S/C25H26FN3S/c1-3-25-15-19(16-27)24(28-22-8-6-21(26)7-9-22)14-20(25)12-13-29(17-25)30-23-10-4-18(2)5-11-23/h3-11,14,16H,1,12-13,15,17,27H2,2H3. The fourth-order valence-corrected chi connectivity index (χ4v) is 5.09. The number of aliphatic imine (C=N–C) groups is 1. The van der Waals surface area contributed by atoms with Gasteiger partial charge in [0.05, 0.1) is 11.4 Å². The van der Waals surface area contributed by atoms with Crippen LogP contribution in [0.15, 0.2) is 94.5 Å². The first-order valence-electron chi connectivity index (χ1n) is 10.1. The van der Waals surface area contributed by atoms with E-state index in [1.165, 1.54) is 28.2 Å². The summed E-state index contributed by atoms with van der Waals surface area (Å²) in [6.45, 7) is 8.12. The van der Waals surface area contributed by atoms with E-state index in [0.717, 1.165) is 42.9 Å². The Kier molecular flexibility index (Phi) is 5.93. The molecule has 154 valence electrons. The van der Waals surface area contributed by atoms with Crippen molar-refractivity contribution in [1.29, 1.82) is 0 Å². The van der Waals surface area contributed by atoms with Crippen LogP contribution in [0.3, 0.4) is 0 Å². The number of nitrogens with two attached hydrogens (primary N) is 1. The zero-order valence-electron chi connectivity index (χ0n) is 17.1. The number of fused-ring (bicyclic) bond motifs is 1. The largest absolute Gasteiger partial charge is 0.404 e. The molecule has 0 aromatic heterocycles. The predicted octanol–water partition coefficient (Wildman–Crippen LogP) is 5.96. The third kappa shape index (κ3) is 4.27. The van der Waals surface area contributed by atoms with Crippen LogP contribution in [-0.2, 0) is 0 Å². The second-order valence-corrected chi connectivity index (χ2v) is 9.06. The number of piperidine rings is 1. The van der Waals surface area contributed by atoms with Crippen molar-refractivity contribution in [3.8, 4) is 0 Å². The van der Waals surface area contributed by atoms with E-state index < -0.39 is 0 Å². The average molecular weight is 420 g/mol. The third-order valence-electron chi connectivity index (χ3n) is 5.80. The Hall–Kier alpha value is -2.63. The zero-order valence-corrected chi connectivity index (χ0v) is 18.0. The van der Waals surface area contributed by atoms with E-state index in [4.69, 9.17) is 10.7 Å². The molecular formula is C25H26FN3S. The maximum absolute atomic E-state index is 13.2. The SMILES string of the molecule is C=CC12CC(=CN)C(=Nc3ccc(F)cc3)C=C1CCN(Sc1ccc(C)cc1)C2. The van der Waals surface area contributed by atoms with Gasteiger partial charge in [-0.25, -0.2) is 13.7 Å². The van der Waals surface area contributed by atoms with Gasteiger partial charge in [-0.1, -0.05) is 29.3 Å². The van der Waals surface area contributed by atoms with Crippen LogP contribution in [0.2, 0.25) is 0 Å². The summed E-state index contributed by atoms with van der Waals surface area (Å²) in [7, 11) is 0. The number of allylic oxidation sites excluding steroid dienone is 2.